The van der Waals surface area contributed by atoms with Crippen molar-refractivity contribution in [1.29, 1.82) is 0 Å². The van der Waals surface area contributed by atoms with Crippen LogP contribution in [0.1, 0.15) is 13.3 Å². The molecule has 0 aromatic heterocycles. The summed E-state index contributed by atoms with van der Waals surface area (Å²) in [7, 11) is 3.38. The van der Waals surface area contributed by atoms with Crippen LogP contribution in [0.3, 0.4) is 0 Å². The Morgan fingerprint density at radius 3 is 2.59 bits per heavy atom. The molecule has 1 amide bonds. The molecular weight excluding hydrogens is 463 g/mol. The van der Waals surface area contributed by atoms with Gasteiger partial charge in [-0.3, -0.25) is 9.79 Å². The molecule has 9 heteroatoms. The molecule has 3 N–H and O–H groups in total. The van der Waals surface area contributed by atoms with Gasteiger partial charge in [-0.2, -0.15) is 0 Å². The van der Waals surface area contributed by atoms with Crippen molar-refractivity contribution in [3.8, 4) is 5.75 Å². The number of guanidine groups is 1. The van der Waals surface area contributed by atoms with E-state index in [1.165, 1.54) is 6.92 Å². The maximum absolute atomic E-state index is 11.1. The van der Waals surface area contributed by atoms with Gasteiger partial charge in [0.25, 0.3) is 0 Å². The Morgan fingerprint density at radius 1 is 1.11 bits per heavy atom. The van der Waals surface area contributed by atoms with Crippen LogP contribution in [0.5, 0.6) is 5.75 Å². The van der Waals surface area contributed by atoms with Crippen LogP contribution in [0.25, 0.3) is 0 Å². The Labute approximate surface area is 178 Å². The van der Waals surface area contributed by atoms with E-state index in [9.17, 15) is 4.79 Å². The van der Waals surface area contributed by atoms with E-state index in [1.54, 1.807) is 20.2 Å². The van der Waals surface area contributed by atoms with E-state index in [4.69, 9.17) is 14.2 Å². The van der Waals surface area contributed by atoms with Crippen LogP contribution in [-0.4, -0.2) is 65.5 Å². The number of ether oxygens (including phenoxy) is 3. The minimum Gasteiger partial charge on any atom is -0.492 e. The first-order chi connectivity index (χ1) is 12.7. The van der Waals surface area contributed by atoms with Crippen molar-refractivity contribution in [1.82, 2.24) is 10.6 Å². The Balaban J connectivity index is 0.00000676. The number of aliphatic imine (C=N–C) groups is 1. The van der Waals surface area contributed by atoms with E-state index in [2.05, 4.69) is 20.9 Å². The lowest BCUT2D eigenvalue weighted by atomic mass is 10.3. The minimum absolute atomic E-state index is 0. The molecule has 8 nitrogen and oxygen atoms in total. The Hall–Kier alpha value is -1.59. The highest BCUT2D eigenvalue weighted by Crippen LogP contribution is 2.16. The summed E-state index contributed by atoms with van der Waals surface area (Å²) in [5, 5.41) is 9.12. The van der Waals surface area contributed by atoms with Gasteiger partial charge in [-0.05, 0) is 18.6 Å². The summed E-state index contributed by atoms with van der Waals surface area (Å²) in [5.74, 6) is 1.31. The van der Waals surface area contributed by atoms with Crippen LogP contribution >= 0.6 is 24.0 Å². The predicted molar refractivity (Wildman–Crippen MR) is 118 cm³/mol. The van der Waals surface area contributed by atoms with Crippen LogP contribution in [-0.2, 0) is 14.3 Å². The molecular formula is C18H31IN4O4. The number of nitrogens with one attached hydrogen (secondary N) is 3. The SMILES string of the molecule is CN=C(NCCCOCCOC)NCCOc1cccc(NC(C)=O)c1.I. The van der Waals surface area contributed by atoms with Crippen molar-refractivity contribution in [2.45, 2.75) is 13.3 Å². The van der Waals surface area contributed by atoms with Gasteiger partial charge in [0.05, 0.1) is 19.8 Å². The smallest absolute Gasteiger partial charge is 0.221 e. The zero-order valence-corrected chi connectivity index (χ0v) is 18.6. The summed E-state index contributed by atoms with van der Waals surface area (Å²) in [6.45, 7) is 5.24. The maximum atomic E-state index is 11.1. The largest absolute Gasteiger partial charge is 0.492 e. The first-order valence-corrected chi connectivity index (χ1v) is 8.67. The van der Waals surface area contributed by atoms with E-state index >= 15 is 0 Å². The van der Waals surface area contributed by atoms with Crippen molar-refractivity contribution >= 4 is 41.5 Å². The van der Waals surface area contributed by atoms with Gasteiger partial charge in [0, 0.05) is 46.0 Å². The number of nitrogens with zero attached hydrogens (tertiary/aromatic N) is 1. The molecule has 0 unspecified atom stereocenters. The number of anilines is 1. The van der Waals surface area contributed by atoms with E-state index in [1.807, 2.05) is 18.2 Å². The standard InChI is InChI=1S/C18H30N4O4.HI/c1-15(23)22-16-6-4-7-17(14-16)26-11-9-21-18(19-2)20-8-5-10-25-13-12-24-3;/h4,6-7,14H,5,8-13H2,1-3H3,(H,22,23)(H2,19,20,21);1H. The average Bonchev–Trinajstić information content (AvgIpc) is 2.62. The fourth-order valence-electron chi connectivity index (χ4n) is 2.05. The predicted octanol–water partition coefficient (Wildman–Crippen LogP) is 1.86. The van der Waals surface area contributed by atoms with Gasteiger partial charge < -0.3 is 30.2 Å². The summed E-state index contributed by atoms with van der Waals surface area (Å²) >= 11 is 0. The van der Waals surface area contributed by atoms with E-state index in [-0.39, 0.29) is 29.9 Å². The molecule has 1 rings (SSSR count). The fraction of sp³-hybridized carbons (Fsp3) is 0.556. The molecule has 0 saturated heterocycles. The second-order valence-corrected chi connectivity index (χ2v) is 5.44. The van der Waals surface area contributed by atoms with Gasteiger partial charge in [-0.25, -0.2) is 0 Å². The number of halogens is 1. The summed E-state index contributed by atoms with van der Waals surface area (Å²) < 4.78 is 16.0. The molecule has 0 aliphatic rings. The number of benzene rings is 1. The number of hydrogen-bond acceptors (Lipinski definition) is 5. The zero-order valence-electron chi connectivity index (χ0n) is 16.2. The lowest BCUT2D eigenvalue weighted by Gasteiger charge is -2.13. The van der Waals surface area contributed by atoms with Gasteiger partial charge in [0.15, 0.2) is 5.96 Å². The number of carbonyl (C=O) groups is 1. The Morgan fingerprint density at radius 2 is 1.89 bits per heavy atom. The molecule has 0 fully saturated rings. The third-order valence-electron chi connectivity index (χ3n) is 3.23. The molecule has 0 heterocycles. The maximum Gasteiger partial charge on any atom is 0.221 e. The molecule has 0 radical (unpaired) electrons. The first kappa shape index (κ1) is 25.4. The normalized spacial score (nSPS) is 10.7. The summed E-state index contributed by atoms with van der Waals surface area (Å²) in [4.78, 5) is 15.2. The number of hydrogen-bond donors (Lipinski definition) is 3. The quantitative estimate of drug-likeness (QED) is 0.178. The van der Waals surface area contributed by atoms with Gasteiger partial charge in [0.1, 0.15) is 12.4 Å². The van der Waals surface area contributed by atoms with Gasteiger partial charge in [0.2, 0.25) is 5.91 Å². The van der Waals surface area contributed by atoms with Crippen LogP contribution in [0.4, 0.5) is 5.69 Å². The molecule has 0 saturated carbocycles. The molecule has 0 aliphatic carbocycles. The van der Waals surface area contributed by atoms with Crippen molar-refractivity contribution in [2.75, 3.05) is 59.0 Å². The third kappa shape index (κ3) is 13.3. The molecule has 27 heavy (non-hydrogen) atoms. The van der Waals surface area contributed by atoms with Gasteiger partial charge in [-0.15, -0.1) is 24.0 Å². The van der Waals surface area contributed by atoms with Crippen LogP contribution < -0.4 is 20.7 Å². The average molecular weight is 494 g/mol. The topological polar surface area (TPSA) is 93.2 Å². The number of carbonyl (C=O) groups excluding carboxylic acids is 1. The van der Waals surface area contributed by atoms with E-state index < -0.39 is 0 Å². The van der Waals surface area contributed by atoms with Crippen molar-refractivity contribution in [2.24, 2.45) is 4.99 Å². The Kier molecular flexibility index (Phi) is 15.6. The second kappa shape index (κ2) is 16.6. The van der Waals surface area contributed by atoms with E-state index in [0.29, 0.717) is 44.4 Å². The Bertz CT molecular complexity index is 558. The molecule has 154 valence electrons. The molecule has 1 aromatic rings. The minimum atomic E-state index is -0.109. The lowest BCUT2D eigenvalue weighted by Crippen LogP contribution is -2.39. The molecule has 0 atom stereocenters. The number of rotatable bonds is 12. The third-order valence-corrected chi connectivity index (χ3v) is 3.23. The molecule has 0 bridgehead atoms. The van der Waals surface area contributed by atoms with Crippen molar-refractivity contribution < 1.29 is 19.0 Å². The highest BCUT2D eigenvalue weighted by atomic mass is 127. The lowest BCUT2D eigenvalue weighted by molar-refractivity contribution is -0.114. The number of amides is 1. The molecule has 0 aliphatic heterocycles. The van der Waals surface area contributed by atoms with Crippen molar-refractivity contribution in [3.05, 3.63) is 24.3 Å². The highest BCUT2D eigenvalue weighted by Gasteiger charge is 2.00. The number of methoxy groups -OCH3 is 1. The summed E-state index contributed by atoms with van der Waals surface area (Å²) in [6.07, 6.45) is 0.886. The van der Waals surface area contributed by atoms with Gasteiger partial charge in [-0.1, -0.05) is 6.07 Å². The van der Waals surface area contributed by atoms with Crippen LogP contribution in [0, 0.1) is 0 Å². The summed E-state index contributed by atoms with van der Waals surface area (Å²) in [6, 6.07) is 7.29. The van der Waals surface area contributed by atoms with E-state index in [0.717, 1.165) is 18.9 Å². The zero-order chi connectivity index (χ0) is 19.0. The molecule has 1 aromatic carbocycles. The van der Waals surface area contributed by atoms with Gasteiger partial charge >= 0.3 is 0 Å². The van der Waals surface area contributed by atoms with Crippen LogP contribution in [0.2, 0.25) is 0 Å². The van der Waals surface area contributed by atoms with Crippen LogP contribution in [0.15, 0.2) is 29.3 Å². The first-order valence-electron chi connectivity index (χ1n) is 8.67. The molecule has 0 spiro atoms. The second-order valence-electron chi connectivity index (χ2n) is 5.44. The van der Waals surface area contributed by atoms with Crippen molar-refractivity contribution in [3.63, 3.8) is 0 Å². The monoisotopic (exact) mass is 494 g/mol. The highest BCUT2D eigenvalue weighted by molar-refractivity contribution is 14.0. The summed E-state index contributed by atoms with van der Waals surface area (Å²) in [5.41, 5.74) is 0.716. The fourth-order valence-corrected chi connectivity index (χ4v) is 2.05.